The van der Waals surface area contributed by atoms with Crippen LogP contribution in [0, 0.1) is 0 Å². The van der Waals surface area contributed by atoms with Crippen LogP contribution in [0.2, 0.25) is 0 Å². The van der Waals surface area contributed by atoms with Crippen LogP contribution in [0.3, 0.4) is 0 Å². The summed E-state index contributed by atoms with van der Waals surface area (Å²) >= 11 is 1.48. The molecule has 0 N–H and O–H groups in total. The Balaban J connectivity index is 1.97. The summed E-state index contributed by atoms with van der Waals surface area (Å²) in [6.07, 6.45) is 1.74. The van der Waals surface area contributed by atoms with Crippen molar-refractivity contribution < 1.29 is 0 Å². The standard InChI is InChI=1S/C18H14N4S/c1-22-15-10-6-5-9-14(15)16(20-21-18-19-11-12-23-18)17(22)13-7-3-2-4-8-13/h2-12H,1H3. The summed E-state index contributed by atoms with van der Waals surface area (Å²) in [5.41, 5.74) is 4.20. The Morgan fingerprint density at radius 2 is 1.74 bits per heavy atom. The van der Waals surface area contributed by atoms with Crippen LogP contribution in [-0.4, -0.2) is 9.55 Å². The third-order valence-electron chi connectivity index (χ3n) is 3.78. The first kappa shape index (κ1) is 13.8. The molecule has 0 bridgehead atoms. The number of aryl methyl sites for hydroxylation is 1. The second-order valence-electron chi connectivity index (χ2n) is 5.15. The molecule has 4 nitrogen and oxygen atoms in total. The number of nitrogens with zero attached hydrogens (tertiary/aromatic N) is 4. The minimum absolute atomic E-state index is 0.664. The second kappa shape index (κ2) is 5.78. The molecule has 0 aliphatic heterocycles. The van der Waals surface area contributed by atoms with Gasteiger partial charge in [0.15, 0.2) is 0 Å². The van der Waals surface area contributed by atoms with Crippen LogP contribution in [0.4, 0.5) is 10.8 Å². The molecular weight excluding hydrogens is 304 g/mol. The number of azo groups is 1. The number of fused-ring (bicyclic) bond motifs is 1. The highest BCUT2D eigenvalue weighted by Crippen LogP contribution is 2.40. The van der Waals surface area contributed by atoms with Crippen LogP contribution in [0.5, 0.6) is 0 Å². The molecular formula is C18H14N4S. The fraction of sp³-hybridized carbons (Fsp3) is 0.0556. The van der Waals surface area contributed by atoms with Crippen molar-refractivity contribution >= 4 is 33.1 Å². The van der Waals surface area contributed by atoms with Gasteiger partial charge in [-0.1, -0.05) is 48.5 Å². The lowest BCUT2D eigenvalue weighted by Crippen LogP contribution is -1.90. The first-order valence-electron chi connectivity index (χ1n) is 7.28. The predicted molar refractivity (Wildman–Crippen MR) is 94.6 cm³/mol. The normalized spacial score (nSPS) is 11.5. The summed E-state index contributed by atoms with van der Waals surface area (Å²) < 4.78 is 2.17. The molecule has 4 aromatic rings. The zero-order chi connectivity index (χ0) is 15.6. The molecule has 5 heteroatoms. The first-order valence-corrected chi connectivity index (χ1v) is 8.16. The predicted octanol–water partition coefficient (Wildman–Crippen LogP) is 5.72. The van der Waals surface area contributed by atoms with Crippen LogP contribution in [0.1, 0.15) is 0 Å². The monoisotopic (exact) mass is 318 g/mol. The molecule has 23 heavy (non-hydrogen) atoms. The third-order valence-corrected chi connectivity index (χ3v) is 4.44. The van der Waals surface area contributed by atoms with E-state index in [0.29, 0.717) is 5.13 Å². The van der Waals surface area contributed by atoms with Gasteiger partial charge in [-0.3, -0.25) is 0 Å². The van der Waals surface area contributed by atoms with Gasteiger partial charge < -0.3 is 4.57 Å². The lowest BCUT2D eigenvalue weighted by Gasteiger charge is -2.05. The van der Waals surface area contributed by atoms with E-state index in [4.69, 9.17) is 0 Å². The van der Waals surface area contributed by atoms with Crippen LogP contribution in [-0.2, 0) is 7.05 Å². The average Bonchev–Trinajstić information content (AvgIpc) is 3.21. The van der Waals surface area contributed by atoms with Gasteiger partial charge in [-0.2, -0.15) is 0 Å². The molecule has 0 saturated carbocycles. The van der Waals surface area contributed by atoms with E-state index >= 15 is 0 Å². The van der Waals surface area contributed by atoms with E-state index in [2.05, 4.69) is 51.1 Å². The van der Waals surface area contributed by atoms with Crippen LogP contribution >= 0.6 is 11.3 Å². The minimum atomic E-state index is 0.664. The summed E-state index contributed by atoms with van der Waals surface area (Å²) in [7, 11) is 2.06. The maximum atomic E-state index is 4.53. The SMILES string of the molecule is Cn1c(-c2ccccc2)c(N=Nc2nccs2)c2ccccc21. The van der Waals surface area contributed by atoms with Crippen molar-refractivity contribution in [3.05, 3.63) is 66.2 Å². The summed E-state index contributed by atoms with van der Waals surface area (Å²) in [6, 6.07) is 18.5. The van der Waals surface area contributed by atoms with Crippen LogP contribution < -0.4 is 0 Å². The lowest BCUT2D eigenvalue weighted by molar-refractivity contribution is 0.976. The van der Waals surface area contributed by atoms with E-state index in [9.17, 15) is 0 Å². The highest BCUT2D eigenvalue weighted by Gasteiger charge is 2.16. The number of hydrogen-bond donors (Lipinski definition) is 0. The molecule has 0 spiro atoms. The average molecular weight is 318 g/mol. The zero-order valence-electron chi connectivity index (χ0n) is 12.5. The molecule has 2 aromatic heterocycles. The molecule has 0 aliphatic rings. The number of aromatic nitrogens is 2. The number of hydrogen-bond acceptors (Lipinski definition) is 4. The van der Waals surface area contributed by atoms with E-state index in [1.165, 1.54) is 11.3 Å². The Labute approximate surface area is 137 Å². The molecule has 0 aliphatic carbocycles. The Hall–Kier alpha value is -2.79. The topological polar surface area (TPSA) is 42.5 Å². The maximum Gasteiger partial charge on any atom is 0.229 e. The molecule has 0 radical (unpaired) electrons. The third kappa shape index (κ3) is 2.45. The summed E-state index contributed by atoms with van der Waals surface area (Å²) in [5.74, 6) is 0. The van der Waals surface area contributed by atoms with Crippen molar-refractivity contribution in [2.24, 2.45) is 17.3 Å². The molecule has 2 heterocycles. The van der Waals surface area contributed by atoms with Gasteiger partial charge in [-0.15, -0.1) is 21.6 Å². The van der Waals surface area contributed by atoms with Crippen molar-refractivity contribution in [1.82, 2.24) is 9.55 Å². The van der Waals surface area contributed by atoms with Crippen LogP contribution in [0.25, 0.3) is 22.2 Å². The minimum Gasteiger partial charge on any atom is -0.342 e. The van der Waals surface area contributed by atoms with Crippen LogP contribution in [0.15, 0.2) is 76.4 Å². The Bertz CT molecular complexity index is 969. The van der Waals surface area contributed by atoms with Gasteiger partial charge in [0, 0.05) is 29.6 Å². The van der Waals surface area contributed by atoms with Crippen molar-refractivity contribution in [1.29, 1.82) is 0 Å². The first-order chi connectivity index (χ1) is 11.3. The van der Waals surface area contributed by atoms with Gasteiger partial charge in [-0.05, 0) is 6.07 Å². The van der Waals surface area contributed by atoms with Crippen molar-refractivity contribution in [3.63, 3.8) is 0 Å². The van der Waals surface area contributed by atoms with Gasteiger partial charge in [0.25, 0.3) is 0 Å². The number of thiazole rings is 1. The van der Waals surface area contributed by atoms with Gasteiger partial charge in [0.1, 0.15) is 5.69 Å². The molecule has 0 amide bonds. The molecule has 0 unspecified atom stereocenters. The highest BCUT2D eigenvalue weighted by atomic mass is 32.1. The van der Waals surface area contributed by atoms with E-state index in [1.807, 2.05) is 35.7 Å². The van der Waals surface area contributed by atoms with Crippen molar-refractivity contribution in [2.45, 2.75) is 0 Å². The highest BCUT2D eigenvalue weighted by molar-refractivity contribution is 7.13. The maximum absolute atomic E-state index is 4.53. The molecule has 0 fully saturated rings. The molecule has 0 atom stereocenters. The van der Waals surface area contributed by atoms with Gasteiger partial charge >= 0.3 is 0 Å². The van der Waals surface area contributed by atoms with E-state index in [-0.39, 0.29) is 0 Å². The largest absolute Gasteiger partial charge is 0.342 e. The quantitative estimate of drug-likeness (QED) is 0.446. The molecule has 2 aromatic carbocycles. The van der Waals surface area contributed by atoms with E-state index in [0.717, 1.165) is 27.8 Å². The summed E-state index contributed by atoms with van der Waals surface area (Å²) in [6.45, 7) is 0. The van der Waals surface area contributed by atoms with E-state index < -0.39 is 0 Å². The number of para-hydroxylation sites is 1. The summed E-state index contributed by atoms with van der Waals surface area (Å²) in [4.78, 5) is 4.17. The van der Waals surface area contributed by atoms with Gasteiger partial charge in [-0.25, -0.2) is 4.98 Å². The summed E-state index contributed by atoms with van der Waals surface area (Å²) in [5, 5.41) is 12.5. The Morgan fingerprint density at radius 1 is 0.957 bits per heavy atom. The fourth-order valence-corrected chi connectivity index (χ4v) is 3.21. The van der Waals surface area contributed by atoms with Crippen molar-refractivity contribution in [3.8, 4) is 11.3 Å². The molecule has 0 saturated heterocycles. The molecule has 4 rings (SSSR count). The van der Waals surface area contributed by atoms with Crippen molar-refractivity contribution in [2.75, 3.05) is 0 Å². The Morgan fingerprint density at radius 3 is 2.52 bits per heavy atom. The smallest absolute Gasteiger partial charge is 0.229 e. The zero-order valence-corrected chi connectivity index (χ0v) is 13.4. The second-order valence-corrected chi connectivity index (χ2v) is 6.03. The number of benzene rings is 2. The van der Waals surface area contributed by atoms with Gasteiger partial charge in [0.2, 0.25) is 5.13 Å². The molecule has 112 valence electrons. The Kier molecular flexibility index (Phi) is 3.48. The van der Waals surface area contributed by atoms with E-state index in [1.54, 1.807) is 6.20 Å². The van der Waals surface area contributed by atoms with Gasteiger partial charge in [0.05, 0.1) is 11.2 Å². The lowest BCUT2D eigenvalue weighted by atomic mass is 10.1. The fourth-order valence-electron chi connectivity index (χ4n) is 2.76. The number of rotatable bonds is 3.